The van der Waals surface area contributed by atoms with E-state index in [9.17, 15) is 10.5 Å². The molecule has 1 aromatic carbocycles. The Hall–Kier alpha value is -2.52. The Morgan fingerprint density at radius 3 is 0.974 bits per heavy atom. The van der Waals surface area contributed by atoms with E-state index >= 15 is 0 Å². The molecule has 0 aliphatic rings. The van der Waals surface area contributed by atoms with Crippen LogP contribution < -0.4 is 9.47 Å². The maximum absolute atomic E-state index is 9.56. The number of hydrogen-bond acceptors (Lipinski definition) is 12. The van der Waals surface area contributed by atoms with Gasteiger partial charge in [0.15, 0.2) is 0 Å². The second-order valence-corrected chi connectivity index (χ2v) is 7.39. The number of ether oxygens (including phenoxy) is 10. The van der Waals surface area contributed by atoms with Gasteiger partial charge in [-0.25, -0.2) is 0 Å². The summed E-state index contributed by atoms with van der Waals surface area (Å²) in [6.07, 6.45) is 0. The summed E-state index contributed by atoms with van der Waals surface area (Å²) in [5.41, 5.74) is 0.229. The summed E-state index contributed by atoms with van der Waals surface area (Å²) < 4.78 is 53.4. The predicted molar refractivity (Wildman–Crippen MR) is 136 cm³/mol. The van der Waals surface area contributed by atoms with E-state index < -0.39 is 0 Å². The second kappa shape index (κ2) is 24.8. The molecule has 12 heteroatoms. The van der Waals surface area contributed by atoms with Crippen molar-refractivity contribution in [2.45, 2.75) is 0 Å². The van der Waals surface area contributed by atoms with Gasteiger partial charge in [-0.3, -0.25) is 0 Å². The number of benzene rings is 1. The van der Waals surface area contributed by atoms with E-state index in [1.165, 1.54) is 0 Å². The maximum atomic E-state index is 9.56. The fourth-order valence-electron chi connectivity index (χ4n) is 2.82. The van der Waals surface area contributed by atoms with Crippen LogP contribution in [0.5, 0.6) is 11.5 Å². The lowest BCUT2D eigenvalue weighted by atomic mass is 10.1. The van der Waals surface area contributed by atoms with Crippen molar-refractivity contribution in [2.24, 2.45) is 0 Å². The molecule has 0 amide bonds. The highest BCUT2D eigenvalue weighted by Crippen LogP contribution is 2.29. The lowest BCUT2D eigenvalue weighted by molar-refractivity contribution is 0.0000210. The Labute approximate surface area is 225 Å². The summed E-state index contributed by atoms with van der Waals surface area (Å²) in [6, 6.07) is 7.25. The third kappa shape index (κ3) is 16.3. The summed E-state index contributed by atoms with van der Waals surface area (Å²) in [5, 5.41) is 19.1. The zero-order valence-electron chi connectivity index (χ0n) is 22.4. The highest BCUT2D eigenvalue weighted by atomic mass is 16.6. The number of nitriles is 2. The first-order valence-electron chi connectivity index (χ1n) is 12.5. The van der Waals surface area contributed by atoms with E-state index in [0.29, 0.717) is 104 Å². The van der Waals surface area contributed by atoms with Gasteiger partial charge in [0.1, 0.15) is 48.0 Å². The van der Waals surface area contributed by atoms with Crippen molar-refractivity contribution in [3.05, 3.63) is 23.3 Å². The van der Waals surface area contributed by atoms with Crippen LogP contribution in [0.15, 0.2) is 12.1 Å². The minimum Gasteiger partial charge on any atom is -0.490 e. The van der Waals surface area contributed by atoms with Gasteiger partial charge in [-0.2, -0.15) is 10.5 Å². The van der Waals surface area contributed by atoms with Crippen molar-refractivity contribution in [3.8, 4) is 23.6 Å². The molecule has 12 nitrogen and oxygen atoms in total. The van der Waals surface area contributed by atoms with Gasteiger partial charge in [0.25, 0.3) is 0 Å². The largest absolute Gasteiger partial charge is 0.490 e. The van der Waals surface area contributed by atoms with E-state index in [2.05, 4.69) is 0 Å². The lowest BCUT2D eigenvalue weighted by Gasteiger charge is -2.13. The molecule has 0 saturated carbocycles. The number of rotatable bonds is 26. The van der Waals surface area contributed by atoms with Crippen LogP contribution in [0.25, 0.3) is 0 Å². The first kappa shape index (κ1) is 33.5. The third-order valence-corrected chi connectivity index (χ3v) is 4.67. The van der Waals surface area contributed by atoms with Crippen molar-refractivity contribution in [1.82, 2.24) is 0 Å². The van der Waals surface area contributed by atoms with Crippen molar-refractivity contribution < 1.29 is 47.4 Å². The molecule has 0 aliphatic carbocycles. The quantitative estimate of drug-likeness (QED) is 0.158. The van der Waals surface area contributed by atoms with E-state index in [4.69, 9.17) is 47.4 Å². The average Bonchev–Trinajstić information content (AvgIpc) is 2.94. The number of hydrogen-bond donors (Lipinski definition) is 0. The Morgan fingerprint density at radius 1 is 0.447 bits per heavy atom. The zero-order valence-corrected chi connectivity index (χ0v) is 22.4. The molecule has 214 valence electrons. The molecule has 0 aliphatic heterocycles. The fraction of sp³-hybridized carbons (Fsp3) is 0.692. The van der Waals surface area contributed by atoms with Gasteiger partial charge in [0, 0.05) is 14.2 Å². The van der Waals surface area contributed by atoms with Gasteiger partial charge in [-0.1, -0.05) is 0 Å². The Morgan fingerprint density at radius 2 is 0.711 bits per heavy atom. The normalized spacial score (nSPS) is 10.7. The smallest absolute Gasteiger partial charge is 0.138 e. The molecule has 0 heterocycles. The molecule has 0 radical (unpaired) electrons. The average molecular weight is 541 g/mol. The molecule has 0 atom stereocenters. The third-order valence-electron chi connectivity index (χ3n) is 4.67. The lowest BCUT2D eigenvalue weighted by Crippen LogP contribution is -2.14. The second-order valence-electron chi connectivity index (χ2n) is 7.39. The molecular formula is C26H40N2O10. The van der Waals surface area contributed by atoms with Crippen molar-refractivity contribution >= 4 is 0 Å². The van der Waals surface area contributed by atoms with Crippen molar-refractivity contribution in [3.63, 3.8) is 0 Å². The van der Waals surface area contributed by atoms with E-state index in [1.54, 1.807) is 26.4 Å². The van der Waals surface area contributed by atoms with Crippen molar-refractivity contribution in [1.29, 1.82) is 10.5 Å². The molecule has 0 bridgehead atoms. The predicted octanol–water partition coefficient (Wildman–Crippen LogP) is 1.58. The van der Waals surface area contributed by atoms with Gasteiger partial charge in [-0.05, 0) is 12.1 Å². The van der Waals surface area contributed by atoms with E-state index in [-0.39, 0.29) is 24.3 Å². The van der Waals surface area contributed by atoms with Crippen LogP contribution in [0.3, 0.4) is 0 Å². The van der Waals surface area contributed by atoms with E-state index in [0.717, 1.165) is 0 Å². The first-order valence-corrected chi connectivity index (χ1v) is 12.5. The Bertz CT molecular complexity index is 732. The van der Waals surface area contributed by atoms with Crippen LogP contribution in [0.1, 0.15) is 11.1 Å². The zero-order chi connectivity index (χ0) is 27.5. The van der Waals surface area contributed by atoms with Gasteiger partial charge >= 0.3 is 0 Å². The highest BCUT2D eigenvalue weighted by Gasteiger charge is 2.15. The molecule has 1 aromatic rings. The summed E-state index contributed by atoms with van der Waals surface area (Å²) in [4.78, 5) is 0. The number of methoxy groups -OCH3 is 2. The summed E-state index contributed by atoms with van der Waals surface area (Å²) in [5.74, 6) is 0.591. The van der Waals surface area contributed by atoms with Crippen molar-refractivity contribution in [2.75, 3.05) is 120 Å². The minimum atomic E-state index is 0.115. The molecular weight excluding hydrogens is 500 g/mol. The molecule has 0 spiro atoms. The van der Waals surface area contributed by atoms with Crippen LogP contribution in [-0.4, -0.2) is 120 Å². The van der Waals surface area contributed by atoms with Gasteiger partial charge in [0.2, 0.25) is 0 Å². The molecule has 0 saturated heterocycles. The van der Waals surface area contributed by atoms with Crippen LogP contribution in [0.4, 0.5) is 0 Å². The fourth-order valence-corrected chi connectivity index (χ4v) is 2.82. The van der Waals surface area contributed by atoms with Crippen LogP contribution >= 0.6 is 0 Å². The summed E-state index contributed by atoms with van der Waals surface area (Å²) in [7, 11) is 3.24. The SMILES string of the molecule is COCCOCCOCCOCCOc1ccc(OCCOCCOCCOCCOC)c(C#N)c1C#N. The van der Waals surface area contributed by atoms with Gasteiger partial charge < -0.3 is 47.4 Å². The molecule has 38 heavy (non-hydrogen) atoms. The van der Waals surface area contributed by atoms with Crippen LogP contribution in [-0.2, 0) is 37.9 Å². The molecule has 0 unspecified atom stereocenters. The highest BCUT2D eigenvalue weighted by molar-refractivity contribution is 5.60. The van der Waals surface area contributed by atoms with Crippen LogP contribution in [0, 0.1) is 22.7 Å². The standard InChI is InChI=1S/C26H40N2O10/c1-29-5-7-31-9-11-33-13-15-35-17-19-37-25-3-4-26(24(22-28)23(25)21-27)38-20-18-36-16-14-34-12-10-32-8-6-30-2/h3-4H,5-20H2,1-2H3. The topological polar surface area (TPSA) is 140 Å². The monoisotopic (exact) mass is 540 g/mol. The molecule has 0 fully saturated rings. The summed E-state index contributed by atoms with van der Waals surface area (Å²) in [6.45, 7) is 6.87. The van der Waals surface area contributed by atoms with E-state index in [1.807, 2.05) is 12.1 Å². The van der Waals surface area contributed by atoms with Crippen LogP contribution in [0.2, 0.25) is 0 Å². The molecule has 0 N–H and O–H groups in total. The summed E-state index contributed by atoms with van der Waals surface area (Å²) >= 11 is 0. The Kier molecular flexibility index (Phi) is 21.9. The number of nitrogens with zero attached hydrogens (tertiary/aromatic N) is 2. The van der Waals surface area contributed by atoms with Gasteiger partial charge in [0.05, 0.1) is 92.5 Å². The minimum absolute atomic E-state index is 0.115. The Balaban J connectivity index is 2.21. The first-order chi connectivity index (χ1) is 18.8. The molecule has 1 rings (SSSR count). The maximum Gasteiger partial charge on any atom is 0.138 e. The molecule has 0 aromatic heterocycles. The van der Waals surface area contributed by atoms with Gasteiger partial charge in [-0.15, -0.1) is 0 Å².